The van der Waals surface area contributed by atoms with E-state index in [-0.39, 0.29) is 16.5 Å². The first-order valence-electron chi connectivity index (χ1n) is 11.7. The number of phenols is 2. The lowest BCUT2D eigenvalue weighted by molar-refractivity contribution is 0.434. The van der Waals surface area contributed by atoms with Crippen molar-refractivity contribution in [3.05, 3.63) is 87.5 Å². The molecule has 3 rings (SSSR count). The van der Waals surface area contributed by atoms with Crippen LogP contribution in [0.15, 0.2) is 48.5 Å². The molecule has 0 saturated heterocycles. The Labute approximate surface area is 201 Å². The second-order valence-corrected chi connectivity index (χ2v) is 12.9. The molecule has 0 amide bonds. The molecule has 0 aliphatic rings. The lowest BCUT2D eigenvalue weighted by atomic mass is 9.81. The third-order valence-electron chi connectivity index (χ3n) is 6.13. The molecule has 176 valence electrons. The topological polar surface area (TPSA) is 40.5 Å². The minimum Gasteiger partial charge on any atom is -0.507 e. The van der Waals surface area contributed by atoms with E-state index in [0.29, 0.717) is 20.1 Å². The summed E-state index contributed by atoms with van der Waals surface area (Å²) in [6.07, 6.45) is 0. The lowest BCUT2D eigenvalue weighted by Gasteiger charge is -2.29. The molecule has 1 atom stereocenters. The van der Waals surface area contributed by atoms with Gasteiger partial charge in [0.25, 0.3) is 0 Å². The van der Waals surface area contributed by atoms with Gasteiger partial charge in [-0.05, 0) is 48.0 Å². The van der Waals surface area contributed by atoms with E-state index in [1.807, 2.05) is 0 Å². The highest BCUT2D eigenvalue weighted by Gasteiger charge is 2.30. The Hall–Kier alpha value is -2.31. The normalized spacial score (nSPS) is 12.8. The van der Waals surface area contributed by atoms with Crippen LogP contribution in [0.3, 0.4) is 0 Å². The van der Waals surface area contributed by atoms with Crippen molar-refractivity contribution in [3.8, 4) is 11.5 Å². The minimum absolute atomic E-state index is 0.145. The van der Waals surface area contributed by atoms with Gasteiger partial charge in [0.15, 0.2) is 0 Å². The number of rotatable bonds is 4. The first-order valence-corrected chi connectivity index (χ1v) is 12.8. The minimum atomic E-state index is -0.187. The predicted molar refractivity (Wildman–Crippen MR) is 144 cm³/mol. The third-order valence-corrected chi connectivity index (χ3v) is 7.69. The van der Waals surface area contributed by atoms with Crippen LogP contribution in [0.4, 0.5) is 0 Å². The summed E-state index contributed by atoms with van der Waals surface area (Å²) in [5.74, 6) is 0.688. The standard InChI is InChI=1S/C30H39O2P/c1-18-11-10-12-21(13-18)33-28(22-14-19(2)16-24(26(22)31)29(4,5)6)23-15-20(3)17-25(27(23)32)30(7,8)9/h10-17,28,31-33H,1-9H3. The summed E-state index contributed by atoms with van der Waals surface area (Å²) >= 11 is 0. The molecule has 0 aromatic heterocycles. The zero-order valence-corrected chi connectivity index (χ0v) is 22.6. The third kappa shape index (κ3) is 5.61. The molecule has 1 unspecified atom stereocenters. The molecule has 2 nitrogen and oxygen atoms in total. The second kappa shape index (κ2) is 9.15. The Bertz CT molecular complexity index is 1090. The number of hydrogen-bond acceptors (Lipinski definition) is 2. The van der Waals surface area contributed by atoms with E-state index >= 15 is 0 Å². The van der Waals surface area contributed by atoms with Gasteiger partial charge < -0.3 is 10.2 Å². The number of aromatic hydroxyl groups is 2. The van der Waals surface area contributed by atoms with Gasteiger partial charge in [-0.1, -0.05) is 115 Å². The van der Waals surface area contributed by atoms with Gasteiger partial charge in [-0.15, -0.1) is 0 Å². The average Bonchev–Trinajstić information content (AvgIpc) is 2.68. The highest BCUT2D eigenvalue weighted by Crippen LogP contribution is 2.51. The molecule has 0 fully saturated rings. The summed E-state index contributed by atoms with van der Waals surface area (Å²) in [7, 11) is 0.372. The fourth-order valence-corrected chi connectivity index (χ4v) is 6.01. The van der Waals surface area contributed by atoms with Gasteiger partial charge in [0, 0.05) is 16.8 Å². The van der Waals surface area contributed by atoms with Gasteiger partial charge in [0.1, 0.15) is 11.5 Å². The van der Waals surface area contributed by atoms with E-state index in [1.54, 1.807) is 0 Å². The van der Waals surface area contributed by atoms with Crippen LogP contribution < -0.4 is 5.30 Å². The van der Waals surface area contributed by atoms with Gasteiger partial charge in [-0.3, -0.25) is 0 Å². The van der Waals surface area contributed by atoms with Crippen LogP contribution in [0.25, 0.3) is 0 Å². The molecule has 0 radical (unpaired) electrons. The average molecular weight is 463 g/mol. The molecular weight excluding hydrogens is 423 g/mol. The molecule has 0 aliphatic heterocycles. The van der Waals surface area contributed by atoms with Crippen LogP contribution in [-0.4, -0.2) is 10.2 Å². The number of hydrogen-bond donors (Lipinski definition) is 2. The molecule has 0 heterocycles. The van der Waals surface area contributed by atoms with E-state index in [9.17, 15) is 10.2 Å². The van der Waals surface area contributed by atoms with Gasteiger partial charge in [0.05, 0.1) is 0 Å². The van der Waals surface area contributed by atoms with Crippen molar-refractivity contribution in [3.63, 3.8) is 0 Å². The summed E-state index contributed by atoms with van der Waals surface area (Å²) in [5, 5.41) is 24.3. The van der Waals surface area contributed by atoms with Crippen molar-refractivity contribution in [1.82, 2.24) is 0 Å². The van der Waals surface area contributed by atoms with Gasteiger partial charge in [0.2, 0.25) is 0 Å². The maximum atomic E-state index is 11.5. The monoisotopic (exact) mass is 462 g/mol. The molecule has 0 aliphatic carbocycles. The number of benzene rings is 3. The molecular formula is C30H39O2P. The summed E-state index contributed by atoms with van der Waals surface area (Å²) in [5.41, 5.74) is 6.60. The Kier molecular flexibility index (Phi) is 7.02. The van der Waals surface area contributed by atoms with Gasteiger partial charge in [-0.2, -0.15) is 0 Å². The van der Waals surface area contributed by atoms with Crippen LogP contribution in [0.1, 0.15) is 86.1 Å². The van der Waals surface area contributed by atoms with Crippen LogP contribution in [0.5, 0.6) is 11.5 Å². The summed E-state index contributed by atoms with van der Waals surface area (Å²) in [6.45, 7) is 19.1. The van der Waals surface area contributed by atoms with Crippen molar-refractivity contribution < 1.29 is 10.2 Å². The molecule has 0 saturated carbocycles. The van der Waals surface area contributed by atoms with Crippen LogP contribution in [0.2, 0.25) is 0 Å². The molecule has 3 aromatic rings. The lowest BCUT2D eigenvalue weighted by Crippen LogP contribution is -2.15. The van der Waals surface area contributed by atoms with Gasteiger partial charge >= 0.3 is 0 Å². The number of aryl methyl sites for hydroxylation is 3. The van der Waals surface area contributed by atoms with Crippen molar-refractivity contribution in [2.24, 2.45) is 0 Å². The molecule has 3 aromatic carbocycles. The quantitative estimate of drug-likeness (QED) is 0.390. The Morgan fingerprint density at radius 2 is 1.09 bits per heavy atom. The smallest absolute Gasteiger partial charge is 0.123 e. The second-order valence-electron chi connectivity index (χ2n) is 11.4. The van der Waals surface area contributed by atoms with Crippen LogP contribution in [0, 0.1) is 20.8 Å². The summed E-state index contributed by atoms with van der Waals surface area (Å²) < 4.78 is 0. The van der Waals surface area contributed by atoms with Crippen LogP contribution >= 0.6 is 8.58 Å². The Morgan fingerprint density at radius 1 is 0.636 bits per heavy atom. The molecule has 3 heteroatoms. The fraction of sp³-hybridized carbons (Fsp3) is 0.400. The highest BCUT2D eigenvalue weighted by atomic mass is 31.1. The largest absolute Gasteiger partial charge is 0.507 e. The van der Waals surface area contributed by atoms with E-state index in [0.717, 1.165) is 33.4 Å². The number of phenolic OH excluding ortho intramolecular Hbond substituents is 2. The first kappa shape index (κ1) is 25.3. The van der Waals surface area contributed by atoms with Crippen molar-refractivity contribution in [1.29, 1.82) is 0 Å². The molecule has 33 heavy (non-hydrogen) atoms. The maximum Gasteiger partial charge on any atom is 0.123 e. The molecule has 0 bridgehead atoms. The fourth-order valence-electron chi connectivity index (χ4n) is 4.42. The van der Waals surface area contributed by atoms with E-state index in [2.05, 4.69) is 111 Å². The van der Waals surface area contributed by atoms with Crippen LogP contribution in [-0.2, 0) is 10.8 Å². The zero-order valence-electron chi connectivity index (χ0n) is 21.6. The van der Waals surface area contributed by atoms with E-state index < -0.39 is 0 Å². The Morgan fingerprint density at radius 3 is 1.48 bits per heavy atom. The zero-order chi connectivity index (χ0) is 24.7. The predicted octanol–water partition coefficient (Wildman–Crippen LogP) is 7.71. The first-order chi connectivity index (χ1) is 15.2. The highest BCUT2D eigenvalue weighted by molar-refractivity contribution is 7.48. The van der Waals surface area contributed by atoms with E-state index in [1.165, 1.54) is 10.9 Å². The summed E-state index contributed by atoms with van der Waals surface area (Å²) in [6, 6.07) is 16.9. The van der Waals surface area contributed by atoms with Gasteiger partial charge in [-0.25, -0.2) is 0 Å². The van der Waals surface area contributed by atoms with Crippen molar-refractivity contribution >= 4 is 13.9 Å². The maximum absolute atomic E-state index is 11.5. The SMILES string of the molecule is Cc1cccc(PC(c2cc(C)cc(C(C)(C)C)c2O)c2cc(C)cc(C(C)(C)C)c2O)c1. The van der Waals surface area contributed by atoms with Crippen molar-refractivity contribution in [2.75, 3.05) is 0 Å². The van der Waals surface area contributed by atoms with Crippen molar-refractivity contribution in [2.45, 2.75) is 78.8 Å². The summed E-state index contributed by atoms with van der Waals surface area (Å²) in [4.78, 5) is 0. The molecule has 2 N–H and O–H groups in total. The Balaban J connectivity index is 2.33. The molecule has 0 spiro atoms. The van der Waals surface area contributed by atoms with E-state index in [4.69, 9.17) is 0 Å².